The molecule has 0 saturated heterocycles. The molecule has 0 bridgehead atoms. The zero-order chi connectivity index (χ0) is 15.5. The Kier molecular flexibility index (Phi) is 4.38. The van der Waals surface area contributed by atoms with Crippen molar-refractivity contribution in [1.29, 1.82) is 0 Å². The fourth-order valence-electron chi connectivity index (χ4n) is 1.86. The Labute approximate surface area is 141 Å². The van der Waals surface area contributed by atoms with Crippen molar-refractivity contribution < 1.29 is 0 Å². The fourth-order valence-corrected chi connectivity index (χ4v) is 3.01. The van der Waals surface area contributed by atoms with Gasteiger partial charge in [0, 0.05) is 5.56 Å². The Morgan fingerprint density at radius 2 is 1.59 bits per heavy atom. The van der Waals surface area contributed by atoms with Gasteiger partial charge in [-0.25, -0.2) is 4.98 Å². The highest BCUT2D eigenvalue weighted by Crippen LogP contribution is 2.39. The number of anilines is 1. The van der Waals surface area contributed by atoms with Crippen molar-refractivity contribution in [3.8, 4) is 11.3 Å². The molecule has 0 atom stereocenters. The number of hydrogen-bond acceptors (Lipinski definition) is 5. The number of azo groups is 1. The predicted octanol–water partition coefficient (Wildman–Crippen LogP) is 6.11. The molecule has 0 unspecified atom stereocenters. The van der Waals surface area contributed by atoms with Gasteiger partial charge in [0.15, 0.2) is 10.1 Å². The molecule has 22 heavy (non-hydrogen) atoms. The summed E-state index contributed by atoms with van der Waals surface area (Å²) in [5, 5.41) is 10.3. The van der Waals surface area contributed by atoms with Gasteiger partial charge in [0.1, 0.15) is 11.4 Å². The maximum absolute atomic E-state index is 6.08. The fraction of sp³-hybridized carbons (Fsp3) is 0. The van der Waals surface area contributed by atoms with Gasteiger partial charge in [0.05, 0.1) is 10.0 Å². The molecule has 4 nitrogen and oxygen atoms in total. The average Bonchev–Trinajstić information content (AvgIpc) is 2.89. The molecule has 0 saturated carbocycles. The molecule has 0 spiro atoms. The molecule has 0 radical (unpaired) electrons. The van der Waals surface area contributed by atoms with Gasteiger partial charge in [-0.2, -0.15) is 0 Å². The molecule has 0 aliphatic heterocycles. The standard InChI is InChI=1S/C15H10Cl2N4S/c16-10-7-4-8-11(17)13(10)20-21-14-12(19-15(18)22-14)9-5-2-1-3-6-9/h1-8H,(H2,18,19). The van der Waals surface area contributed by atoms with Crippen LogP contribution in [0.5, 0.6) is 0 Å². The Bertz CT molecular complexity index is 811. The zero-order valence-corrected chi connectivity index (χ0v) is 13.5. The molecule has 3 aromatic rings. The molecule has 2 N–H and O–H groups in total. The van der Waals surface area contributed by atoms with Crippen molar-refractivity contribution >= 4 is 50.4 Å². The van der Waals surface area contributed by atoms with Crippen LogP contribution in [-0.2, 0) is 0 Å². The van der Waals surface area contributed by atoms with E-state index >= 15 is 0 Å². The van der Waals surface area contributed by atoms with Gasteiger partial charge in [-0.3, -0.25) is 0 Å². The van der Waals surface area contributed by atoms with E-state index in [-0.39, 0.29) is 0 Å². The maximum atomic E-state index is 6.08. The van der Waals surface area contributed by atoms with Crippen molar-refractivity contribution in [1.82, 2.24) is 4.98 Å². The number of aromatic nitrogens is 1. The largest absolute Gasteiger partial charge is 0.375 e. The first-order valence-corrected chi connectivity index (χ1v) is 7.90. The summed E-state index contributed by atoms with van der Waals surface area (Å²) in [6.45, 7) is 0. The van der Waals surface area contributed by atoms with E-state index in [1.54, 1.807) is 18.2 Å². The van der Waals surface area contributed by atoms with E-state index in [0.717, 1.165) is 5.56 Å². The van der Waals surface area contributed by atoms with Crippen LogP contribution in [0.25, 0.3) is 11.3 Å². The Hall–Kier alpha value is -1.95. The highest BCUT2D eigenvalue weighted by Gasteiger charge is 2.12. The van der Waals surface area contributed by atoms with Crippen LogP contribution < -0.4 is 5.73 Å². The number of benzene rings is 2. The number of hydrogen-bond donors (Lipinski definition) is 1. The van der Waals surface area contributed by atoms with Crippen LogP contribution in [0.15, 0.2) is 58.8 Å². The SMILES string of the molecule is Nc1nc(-c2ccccc2)c(N=Nc2c(Cl)cccc2Cl)s1. The summed E-state index contributed by atoms with van der Waals surface area (Å²) < 4.78 is 0. The van der Waals surface area contributed by atoms with Crippen molar-refractivity contribution in [3.05, 3.63) is 58.6 Å². The number of rotatable bonds is 3. The van der Waals surface area contributed by atoms with Gasteiger partial charge in [0.25, 0.3) is 0 Å². The highest BCUT2D eigenvalue weighted by molar-refractivity contribution is 7.19. The lowest BCUT2D eigenvalue weighted by Gasteiger charge is -1.99. The second-order valence-corrected chi connectivity index (χ2v) is 6.17. The first-order valence-electron chi connectivity index (χ1n) is 6.32. The van der Waals surface area contributed by atoms with E-state index in [1.165, 1.54) is 11.3 Å². The maximum Gasteiger partial charge on any atom is 0.182 e. The summed E-state index contributed by atoms with van der Waals surface area (Å²) in [5.74, 6) is 0. The second kappa shape index (κ2) is 6.44. The molecular formula is C15H10Cl2N4S. The molecule has 1 heterocycles. The van der Waals surface area contributed by atoms with Gasteiger partial charge < -0.3 is 5.73 Å². The molecular weight excluding hydrogens is 339 g/mol. The van der Waals surface area contributed by atoms with Gasteiger partial charge in [-0.05, 0) is 12.1 Å². The molecule has 3 rings (SSSR count). The first-order chi connectivity index (χ1) is 10.6. The van der Waals surface area contributed by atoms with Crippen molar-refractivity contribution in [2.45, 2.75) is 0 Å². The summed E-state index contributed by atoms with van der Waals surface area (Å²) in [6.07, 6.45) is 0. The number of nitrogens with zero attached hydrogens (tertiary/aromatic N) is 3. The molecule has 110 valence electrons. The van der Waals surface area contributed by atoms with Crippen LogP contribution in [-0.4, -0.2) is 4.98 Å². The molecule has 1 aromatic heterocycles. The summed E-state index contributed by atoms with van der Waals surface area (Å²) >= 11 is 13.4. The highest BCUT2D eigenvalue weighted by atomic mass is 35.5. The monoisotopic (exact) mass is 348 g/mol. The lowest BCUT2D eigenvalue weighted by Crippen LogP contribution is -1.82. The van der Waals surface area contributed by atoms with E-state index in [2.05, 4.69) is 15.2 Å². The van der Waals surface area contributed by atoms with E-state index in [1.807, 2.05) is 30.3 Å². The minimum Gasteiger partial charge on any atom is -0.375 e. The summed E-state index contributed by atoms with van der Waals surface area (Å²) in [4.78, 5) is 4.31. The average molecular weight is 349 g/mol. The molecule has 2 aromatic carbocycles. The molecule has 0 amide bonds. The van der Waals surface area contributed by atoms with E-state index in [0.29, 0.717) is 31.6 Å². The van der Waals surface area contributed by atoms with Gasteiger partial charge in [-0.1, -0.05) is 70.9 Å². The van der Waals surface area contributed by atoms with Gasteiger partial charge in [-0.15, -0.1) is 10.2 Å². The zero-order valence-electron chi connectivity index (χ0n) is 11.2. The van der Waals surface area contributed by atoms with Crippen molar-refractivity contribution in [2.24, 2.45) is 10.2 Å². The molecule has 0 aliphatic carbocycles. The number of halogens is 2. The second-order valence-electron chi connectivity index (χ2n) is 4.34. The van der Waals surface area contributed by atoms with E-state index < -0.39 is 0 Å². The smallest absolute Gasteiger partial charge is 0.182 e. The predicted molar refractivity (Wildman–Crippen MR) is 92.6 cm³/mol. The lowest BCUT2D eigenvalue weighted by atomic mass is 10.2. The number of thiazole rings is 1. The van der Waals surface area contributed by atoms with E-state index in [9.17, 15) is 0 Å². The Morgan fingerprint density at radius 1 is 0.909 bits per heavy atom. The third-order valence-electron chi connectivity index (χ3n) is 2.85. The molecule has 0 fully saturated rings. The minimum atomic E-state index is 0.428. The topological polar surface area (TPSA) is 63.6 Å². The van der Waals surface area contributed by atoms with Crippen LogP contribution in [0, 0.1) is 0 Å². The van der Waals surface area contributed by atoms with Gasteiger partial charge in [0.2, 0.25) is 0 Å². The first kappa shape index (κ1) is 15.0. The summed E-state index contributed by atoms with van der Waals surface area (Å²) in [7, 11) is 0. The number of nitrogens with two attached hydrogens (primary N) is 1. The van der Waals surface area contributed by atoms with Crippen molar-refractivity contribution in [3.63, 3.8) is 0 Å². The summed E-state index contributed by atoms with van der Waals surface area (Å²) in [5.41, 5.74) is 7.84. The third kappa shape index (κ3) is 3.11. The van der Waals surface area contributed by atoms with Crippen molar-refractivity contribution in [2.75, 3.05) is 5.73 Å². The summed E-state index contributed by atoms with van der Waals surface area (Å²) in [6, 6.07) is 14.8. The van der Waals surface area contributed by atoms with Crippen LogP contribution >= 0.6 is 34.5 Å². The van der Waals surface area contributed by atoms with Gasteiger partial charge >= 0.3 is 0 Å². The van der Waals surface area contributed by atoms with E-state index in [4.69, 9.17) is 28.9 Å². The van der Waals surface area contributed by atoms with Crippen LogP contribution in [0.4, 0.5) is 15.8 Å². The van der Waals surface area contributed by atoms with Crippen LogP contribution in [0.2, 0.25) is 10.0 Å². The van der Waals surface area contributed by atoms with Crippen LogP contribution in [0.3, 0.4) is 0 Å². The third-order valence-corrected chi connectivity index (χ3v) is 4.23. The Balaban J connectivity index is 2.02. The minimum absolute atomic E-state index is 0.428. The number of nitrogen functional groups attached to an aromatic ring is 1. The lowest BCUT2D eigenvalue weighted by molar-refractivity contribution is 1.24. The quantitative estimate of drug-likeness (QED) is 0.579. The molecule has 7 heteroatoms. The Morgan fingerprint density at radius 3 is 2.27 bits per heavy atom. The molecule has 0 aliphatic rings. The normalized spacial score (nSPS) is 11.2. The van der Waals surface area contributed by atoms with Crippen LogP contribution in [0.1, 0.15) is 0 Å².